The van der Waals surface area contributed by atoms with E-state index in [4.69, 9.17) is 0 Å². The number of para-hydroxylation sites is 2. The highest BCUT2D eigenvalue weighted by molar-refractivity contribution is 7.99. The van der Waals surface area contributed by atoms with E-state index in [-0.39, 0.29) is 17.2 Å². The zero-order valence-corrected chi connectivity index (χ0v) is 18.7. The van der Waals surface area contributed by atoms with Crippen LogP contribution in [-0.4, -0.2) is 27.4 Å². The van der Waals surface area contributed by atoms with Crippen LogP contribution in [0.3, 0.4) is 0 Å². The summed E-state index contributed by atoms with van der Waals surface area (Å²) in [7, 11) is 0. The Hall–Kier alpha value is -3.23. The van der Waals surface area contributed by atoms with Gasteiger partial charge in [0.1, 0.15) is 0 Å². The van der Waals surface area contributed by atoms with Crippen molar-refractivity contribution in [3.05, 3.63) is 86.3 Å². The van der Waals surface area contributed by atoms with Crippen molar-refractivity contribution in [2.75, 3.05) is 5.75 Å². The molecule has 6 nitrogen and oxygen atoms in total. The molecule has 0 unspecified atom stereocenters. The van der Waals surface area contributed by atoms with Crippen LogP contribution in [-0.2, 0) is 4.79 Å². The Kier molecular flexibility index (Phi) is 6.29. The molecule has 31 heavy (non-hydrogen) atoms. The van der Waals surface area contributed by atoms with Gasteiger partial charge in [0.15, 0.2) is 5.16 Å². The lowest BCUT2D eigenvalue weighted by Crippen LogP contribution is -2.24. The second kappa shape index (κ2) is 9.28. The van der Waals surface area contributed by atoms with E-state index in [1.165, 1.54) is 11.8 Å². The number of benzene rings is 2. The number of rotatable bonds is 6. The van der Waals surface area contributed by atoms with Crippen LogP contribution in [0.15, 0.2) is 75.0 Å². The van der Waals surface area contributed by atoms with Gasteiger partial charge in [0.05, 0.1) is 28.6 Å². The van der Waals surface area contributed by atoms with Gasteiger partial charge < -0.3 is 0 Å². The molecule has 4 rings (SSSR count). The number of carbonyl (C=O) groups excluding carboxylic acids is 1. The van der Waals surface area contributed by atoms with E-state index in [0.29, 0.717) is 16.1 Å². The summed E-state index contributed by atoms with van der Waals surface area (Å²) in [4.78, 5) is 31.3. The molecule has 2 aromatic heterocycles. The molecule has 2 aromatic carbocycles. The molecule has 0 fully saturated rings. The minimum Gasteiger partial charge on any atom is -0.272 e. The maximum atomic E-state index is 13.3. The van der Waals surface area contributed by atoms with Crippen LogP contribution in [0.5, 0.6) is 0 Å². The quantitative estimate of drug-likeness (QED) is 0.206. The molecule has 8 heteroatoms. The third-order valence-corrected chi connectivity index (χ3v) is 6.60. The highest BCUT2D eigenvalue weighted by atomic mass is 32.2. The van der Waals surface area contributed by atoms with Gasteiger partial charge in [-0.3, -0.25) is 14.2 Å². The van der Waals surface area contributed by atoms with E-state index in [1.807, 2.05) is 61.7 Å². The third kappa shape index (κ3) is 4.60. The minimum absolute atomic E-state index is 0.0808. The predicted octanol–water partition coefficient (Wildman–Crippen LogP) is 4.31. The molecule has 0 bridgehead atoms. The zero-order valence-electron chi connectivity index (χ0n) is 17.0. The molecule has 0 radical (unpaired) electrons. The highest BCUT2D eigenvalue weighted by Crippen LogP contribution is 2.23. The van der Waals surface area contributed by atoms with Gasteiger partial charge >= 0.3 is 0 Å². The number of amides is 1. The number of fused-ring (bicyclic) bond motifs is 1. The summed E-state index contributed by atoms with van der Waals surface area (Å²) in [6.45, 7) is 3.94. The Bertz CT molecular complexity index is 1340. The summed E-state index contributed by atoms with van der Waals surface area (Å²) < 4.78 is 1.58. The number of nitrogens with one attached hydrogen (secondary N) is 1. The Morgan fingerprint density at radius 2 is 1.90 bits per heavy atom. The molecule has 156 valence electrons. The average Bonchev–Trinajstić information content (AvgIpc) is 3.18. The molecular weight excluding hydrogens is 428 g/mol. The van der Waals surface area contributed by atoms with E-state index in [2.05, 4.69) is 15.5 Å². The van der Waals surface area contributed by atoms with E-state index in [9.17, 15) is 9.59 Å². The van der Waals surface area contributed by atoms with Crippen molar-refractivity contribution in [3.63, 3.8) is 0 Å². The topological polar surface area (TPSA) is 76.3 Å². The Labute approximate surface area is 187 Å². The molecule has 4 aromatic rings. The number of aryl methyl sites for hydroxylation is 2. The standard InChI is InChI=1S/C23H20N4O2S2/c1-15-7-3-6-10-19(15)27-22(29)17-8-4-5-9-18(17)25-23(27)31-14-21(28)26-24-13-20-16(2)11-12-30-20/h3-13H,14H2,1-2H3,(H,26,28)/b24-13+. The number of hydrazone groups is 1. The van der Waals surface area contributed by atoms with Crippen molar-refractivity contribution in [3.8, 4) is 5.69 Å². The van der Waals surface area contributed by atoms with Gasteiger partial charge in [-0.2, -0.15) is 5.10 Å². The fourth-order valence-electron chi connectivity index (χ4n) is 3.08. The number of carbonyl (C=O) groups is 1. The number of thioether (sulfide) groups is 1. The fourth-order valence-corrected chi connectivity index (χ4v) is 4.66. The molecule has 0 aliphatic heterocycles. The van der Waals surface area contributed by atoms with Crippen molar-refractivity contribution >= 4 is 46.1 Å². The smallest absolute Gasteiger partial charge is 0.266 e. The van der Waals surface area contributed by atoms with Crippen LogP contribution in [0.1, 0.15) is 16.0 Å². The first kappa shape index (κ1) is 21.0. The zero-order chi connectivity index (χ0) is 21.8. The lowest BCUT2D eigenvalue weighted by molar-refractivity contribution is -0.118. The number of hydrogen-bond acceptors (Lipinski definition) is 6. The van der Waals surface area contributed by atoms with Crippen LogP contribution < -0.4 is 11.0 Å². The second-order valence-electron chi connectivity index (χ2n) is 6.89. The van der Waals surface area contributed by atoms with Gasteiger partial charge in [-0.15, -0.1) is 11.3 Å². The summed E-state index contributed by atoms with van der Waals surface area (Å²) in [5.74, 6) is -0.188. The normalized spacial score (nSPS) is 11.3. The van der Waals surface area contributed by atoms with Crippen molar-refractivity contribution in [2.24, 2.45) is 5.10 Å². The van der Waals surface area contributed by atoms with Crippen LogP contribution in [0.25, 0.3) is 16.6 Å². The summed E-state index contributed by atoms with van der Waals surface area (Å²) in [6.07, 6.45) is 1.64. The summed E-state index contributed by atoms with van der Waals surface area (Å²) in [5.41, 5.74) is 5.80. The molecule has 0 spiro atoms. The van der Waals surface area contributed by atoms with Gasteiger partial charge in [-0.05, 0) is 54.6 Å². The van der Waals surface area contributed by atoms with Crippen molar-refractivity contribution in [2.45, 2.75) is 19.0 Å². The van der Waals surface area contributed by atoms with Crippen molar-refractivity contribution < 1.29 is 4.79 Å². The van der Waals surface area contributed by atoms with Gasteiger partial charge in [0.2, 0.25) is 0 Å². The molecule has 0 aliphatic rings. The maximum Gasteiger partial charge on any atom is 0.266 e. The van der Waals surface area contributed by atoms with Gasteiger partial charge in [0, 0.05) is 4.88 Å². The second-order valence-corrected chi connectivity index (χ2v) is 8.78. The predicted molar refractivity (Wildman–Crippen MR) is 128 cm³/mol. The van der Waals surface area contributed by atoms with E-state index in [0.717, 1.165) is 21.7 Å². The first-order chi connectivity index (χ1) is 15.0. The lowest BCUT2D eigenvalue weighted by Gasteiger charge is -2.14. The summed E-state index contributed by atoms with van der Waals surface area (Å²) >= 11 is 2.77. The largest absolute Gasteiger partial charge is 0.272 e. The molecular formula is C23H20N4O2S2. The Balaban J connectivity index is 1.61. The number of thiophene rings is 1. The molecule has 0 saturated carbocycles. The van der Waals surface area contributed by atoms with E-state index in [1.54, 1.807) is 34.3 Å². The van der Waals surface area contributed by atoms with Crippen molar-refractivity contribution in [1.82, 2.24) is 15.0 Å². The molecule has 1 amide bonds. The Morgan fingerprint density at radius 3 is 2.68 bits per heavy atom. The first-order valence-electron chi connectivity index (χ1n) is 9.61. The molecule has 2 heterocycles. The number of aromatic nitrogens is 2. The van der Waals surface area contributed by atoms with Gasteiger partial charge in [-0.1, -0.05) is 42.1 Å². The molecule has 0 atom stereocenters. The average molecular weight is 449 g/mol. The maximum absolute atomic E-state index is 13.3. The SMILES string of the molecule is Cc1ccccc1-n1c(SCC(=O)N/N=C/c2sccc2C)nc2ccccc2c1=O. The van der Waals surface area contributed by atoms with Gasteiger partial charge in [0.25, 0.3) is 11.5 Å². The molecule has 0 aliphatic carbocycles. The van der Waals surface area contributed by atoms with Gasteiger partial charge in [-0.25, -0.2) is 10.4 Å². The van der Waals surface area contributed by atoms with E-state index < -0.39 is 0 Å². The molecule has 0 saturated heterocycles. The Morgan fingerprint density at radius 1 is 1.13 bits per heavy atom. The lowest BCUT2D eigenvalue weighted by atomic mass is 10.2. The monoisotopic (exact) mass is 448 g/mol. The van der Waals surface area contributed by atoms with E-state index >= 15 is 0 Å². The molecule has 1 N–H and O–H groups in total. The van der Waals surface area contributed by atoms with Crippen LogP contribution in [0.4, 0.5) is 0 Å². The van der Waals surface area contributed by atoms with Crippen LogP contribution >= 0.6 is 23.1 Å². The first-order valence-corrected chi connectivity index (χ1v) is 11.5. The van der Waals surface area contributed by atoms with Crippen molar-refractivity contribution in [1.29, 1.82) is 0 Å². The van der Waals surface area contributed by atoms with Crippen LogP contribution in [0, 0.1) is 13.8 Å². The van der Waals surface area contributed by atoms with Crippen LogP contribution in [0.2, 0.25) is 0 Å². The number of hydrogen-bond donors (Lipinski definition) is 1. The fraction of sp³-hybridized carbons (Fsp3) is 0.130. The summed E-state index contributed by atoms with van der Waals surface area (Å²) in [6, 6.07) is 16.9. The minimum atomic E-state index is -0.269. The third-order valence-electron chi connectivity index (χ3n) is 4.71. The summed E-state index contributed by atoms with van der Waals surface area (Å²) in [5, 5.41) is 7.01. The highest BCUT2D eigenvalue weighted by Gasteiger charge is 2.15. The number of nitrogens with zero attached hydrogens (tertiary/aromatic N) is 3.